The van der Waals surface area contributed by atoms with Crippen LogP contribution in [0.3, 0.4) is 0 Å². The van der Waals surface area contributed by atoms with Crippen LogP contribution < -0.4 is 5.32 Å². The summed E-state index contributed by atoms with van der Waals surface area (Å²) in [6, 6.07) is 2.42. The van der Waals surface area contributed by atoms with Crippen LogP contribution in [0.15, 0.2) is 18.2 Å². The molecular formula is C13H14F4N2O. The topological polar surface area (TPSA) is 32.3 Å². The number of amides is 1. The molecule has 7 heteroatoms. The minimum atomic E-state index is -4.81. The molecule has 110 valence electrons. The van der Waals surface area contributed by atoms with Crippen LogP contribution in [0.5, 0.6) is 0 Å². The van der Waals surface area contributed by atoms with Crippen LogP contribution in [0, 0.1) is 5.82 Å². The fourth-order valence-electron chi connectivity index (χ4n) is 2.17. The van der Waals surface area contributed by atoms with Gasteiger partial charge in [-0.15, -0.1) is 0 Å². The maximum atomic E-state index is 13.2. The van der Waals surface area contributed by atoms with Gasteiger partial charge in [-0.3, -0.25) is 4.79 Å². The zero-order chi connectivity index (χ0) is 14.9. The van der Waals surface area contributed by atoms with Gasteiger partial charge in [-0.2, -0.15) is 13.2 Å². The third-order valence-electron chi connectivity index (χ3n) is 3.17. The molecule has 0 radical (unpaired) electrons. The van der Waals surface area contributed by atoms with Crippen molar-refractivity contribution in [3.63, 3.8) is 0 Å². The van der Waals surface area contributed by atoms with Gasteiger partial charge in [0, 0.05) is 31.2 Å². The predicted molar refractivity (Wildman–Crippen MR) is 64.8 cm³/mol. The Hall–Kier alpha value is -1.63. The number of nitrogens with one attached hydrogen (secondary N) is 1. The summed E-state index contributed by atoms with van der Waals surface area (Å²) < 4.78 is 51.0. The minimum Gasteiger partial charge on any atom is -0.336 e. The third-order valence-corrected chi connectivity index (χ3v) is 3.17. The van der Waals surface area contributed by atoms with Crippen molar-refractivity contribution in [2.24, 2.45) is 0 Å². The van der Waals surface area contributed by atoms with Gasteiger partial charge in [0.25, 0.3) is 5.91 Å². The third kappa shape index (κ3) is 3.09. The second kappa shape index (κ2) is 5.40. The molecule has 3 nitrogen and oxygen atoms in total. The molecule has 1 fully saturated rings. The summed E-state index contributed by atoms with van der Waals surface area (Å²) in [5.41, 5.74) is -1.56. The second-order valence-corrected chi connectivity index (χ2v) is 4.80. The first kappa shape index (κ1) is 14.8. The van der Waals surface area contributed by atoms with Crippen molar-refractivity contribution in [2.75, 3.05) is 19.6 Å². The Morgan fingerprint density at radius 1 is 1.40 bits per heavy atom. The van der Waals surface area contributed by atoms with Crippen molar-refractivity contribution in [3.05, 3.63) is 35.1 Å². The molecule has 1 amide bonds. The lowest BCUT2D eigenvalue weighted by Gasteiger charge is -2.32. The SMILES string of the molecule is C[C@H]1CN(C(=O)c2ccc(F)c(C(F)(F)F)c2)CCN1. The molecule has 20 heavy (non-hydrogen) atoms. The maximum absolute atomic E-state index is 13.2. The van der Waals surface area contributed by atoms with Crippen LogP contribution >= 0.6 is 0 Å². The average molecular weight is 290 g/mol. The number of carbonyl (C=O) groups excluding carboxylic acids is 1. The van der Waals surface area contributed by atoms with Gasteiger partial charge in [0.05, 0.1) is 5.56 Å². The van der Waals surface area contributed by atoms with Crippen molar-refractivity contribution < 1.29 is 22.4 Å². The Balaban J connectivity index is 2.26. The summed E-state index contributed by atoms with van der Waals surface area (Å²) in [6.07, 6.45) is -4.81. The number of rotatable bonds is 1. The van der Waals surface area contributed by atoms with Crippen LogP contribution in [0.4, 0.5) is 17.6 Å². The van der Waals surface area contributed by atoms with E-state index in [1.54, 1.807) is 0 Å². The molecule has 1 atom stereocenters. The molecule has 0 saturated carbocycles. The highest BCUT2D eigenvalue weighted by Gasteiger charge is 2.35. The van der Waals surface area contributed by atoms with E-state index in [1.165, 1.54) is 4.90 Å². The van der Waals surface area contributed by atoms with E-state index in [1.807, 2.05) is 6.92 Å². The van der Waals surface area contributed by atoms with Crippen molar-refractivity contribution >= 4 is 5.91 Å². The van der Waals surface area contributed by atoms with Crippen molar-refractivity contribution in [1.29, 1.82) is 0 Å². The summed E-state index contributed by atoms with van der Waals surface area (Å²) in [6.45, 7) is 3.30. The van der Waals surface area contributed by atoms with Gasteiger partial charge < -0.3 is 10.2 Å². The lowest BCUT2D eigenvalue weighted by Crippen LogP contribution is -2.51. The second-order valence-electron chi connectivity index (χ2n) is 4.80. The number of piperazine rings is 1. The van der Waals surface area contributed by atoms with E-state index in [2.05, 4.69) is 5.32 Å². The van der Waals surface area contributed by atoms with Crippen LogP contribution in [0.2, 0.25) is 0 Å². The lowest BCUT2D eigenvalue weighted by molar-refractivity contribution is -0.140. The Kier molecular flexibility index (Phi) is 3.99. The quantitative estimate of drug-likeness (QED) is 0.805. The summed E-state index contributed by atoms with van der Waals surface area (Å²) in [5.74, 6) is -1.88. The Bertz CT molecular complexity index is 516. The van der Waals surface area contributed by atoms with E-state index in [9.17, 15) is 22.4 Å². The number of carbonyl (C=O) groups is 1. The van der Waals surface area contributed by atoms with Crippen LogP contribution in [0.1, 0.15) is 22.8 Å². The van der Waals surface area contributed by atoms with Crippen LogP contribution in [0.25, 0.3) is 0 Å². The van der Waals surface area contributed by atoms with E-state index < -0.39 is 23.5 Å². The van der Waals surface area contributed by atoms with Gasteiger partial charge in [0.2, 0.25) is 0 Å². The Labute approximate surface area is 113 Å². The van der Waals surface area contributed by atoms with Gasteiger partial charge in [-0.25, -0.2) is 4.39 Å². The largest absolute Gasteiger partial charge is 0.419 e. The molecule has 1 aliphatic rings. The van der Waals surface area contributed by atoms with Gasteiger partial charge in [0.1, 0.15) is 5.82 Å². The number of benzene rings is 1. The van der Waals surface area contributed by atoms with Crippen LogP contribution in [-0.2, 0) is 6.18 Å². The summed E-state index contributed by atoms with van der Waals surface area (Å²) in [4.78, 5) is 13.6. The van der Waals surface area contributed by atoms with E-state index in [0.717, 1.165) is 6.07 Å². The normalized spacial score (nSPS) is 20.1. The summed E-state index contributed by atoms with van der Waals surface area (Å²) >= 11 is 0. The predicted octanol–water partition coefficient (Wildman–Crippen LogP) is 2.28. The number of alkyl halides is 3. The monoisotopic (exact) mass is 290 g/mol. The fourth-order valence-corrected chi connectivity index (χ4v) is 2.17. The highest BCUT2D eigenvalue weighted by Crippen LogP contribution is 2.32. The maximum Gasteiger partial charge on any atom is 0.419 e. The van der Waals surface area contributed by atoms with Crippen LogP contribution in [-0.4, -0.2) is 36.5 Å². The lowest BCUT2D eigenvalue weighted by atomic mass is 10.1. The first-order chi connectivity index (χ1) is 9.29. The molecule has 1 aliphatic heterocycles. The highest BCUT2D eigenvalue weighted by atomic mass is 19.4. The molecule has 0 aromatic heterocycles. The average Bonchev–Trinajstić information content (AvgIpc) is 2.37. The molecule has 1 aromatic rings. The van der Waals surface area contributed by atoms with Crippen molar-refractivity contribution in [2.45, 2.75) is 19.1 Å². The van der Waals surface area contributed by atoms with E-state index in [4.69, 9.17) is 0 Å². The molecule has 2 rings (SSSR count). The minimum absolute atomic E-state index is 0.0789. The smallest absolute Gasteiger partial charge is 0.336 e. The molecule has 0 unspecified atom stereocenters. The zero-order valence-electron chi connectivity index (χ0n) is 10.8. The van der Waals surface area contributed by atoms with E-state index >= 15 is 0 Å². The van der Waals surface area contributed by atoms with E-state index in [0.29, 0.717) is 31.8 Å². The Morgan fingerprint density at radius 2 is 2.10 bits per heavy atom. The fraction of sp³-hybridized carbons (Fsp3) is 0.462. The molecular weight excluding hydrogens is 276 g/mol. The van der Waals surface area contributed by atoms with Crippen molar-refractivity contribution in [1.82, 2.24) is 10.2 Å². The van der Waals surface area contributed by atoms with E-state index in [-0.39, 0.29) is 11.6 Å². The van der Waals surface area contributed by atoms with Crippen molar-refractivity contribution in [3.8, 4) is 0 Å². The first-order valence-electron chi connectivity index (χ1n) is 6.18. The Morgan fingerprint density at radius 3 is 2.70 bits per heavy atom. The molecule has 1 heterocycles. The molecule has 0 bridgehead atoms. The summed E-state index contributed by atoms with van der Waals surface area (Å²) in [7, 11) is 0. The molecule has 1 N–H and O–H groups in total. The number of nitrogens with zero attached hydrogens (tertiary/aromatic N) is 1. The number of hydrogen-bond donors (Lipinski definition) is 1. The standard InChI is InChI=1S/C13H14F4N2O/c1-8-7-19(5-4-18-8)12(20)9-2-3-11(14)10(6-9)13(15,16)17/h2-3,6,8,18H,4-5,7H2,1H3/t8-/m0/s1. The van der Waals surface area contributed by atoms with Gasteiger partial charge in [0.15, 0.2) is 0 Å². The molecule has 1 aromatic carbocycles. The number of hydrogen-bond acceptors (Lipinski definition) is 2. The molecule has 1 saturated heterocycles. The first-order valence-corrected chi connectivity index (χ1v) is 6.18. The molecule has 0 spiro atoms. The zero-order valence-corrected chi connectivity index (χ0v) is 10.8. The number of halogens is 4. The summed E-state index contributed by atoms with van der Waals surface area (Å²) in [5, 5.41) is 3.13. The van der Waals surface area contributed by atoms with Gasteiger partial charge in [-0.05, 0) is 25.1 Å². The highest BCUT2D eigenvalue weighted by molar-refractivity contribution is 5.94. The van der Waals surface area contributed by atoms with Gasteiger partial charge in [-0.1, -0.05) is 0 Å². The molecule has 0 aliphatic carbocycles. The van der Waals surface area contributed by atoms with Gasteiger partial charge >= 0.3 is 6.18 Å².